The number of aliphatic carboxylic acids is 1. The Morgan fingerprint density at radius 2 is 1.80 bits per heavy atom. The van der Waals surface area contributed by atoms with Crippen molar-refractivity contribution >= 4 is 17.9 Å². The number of rotatable bonds is 5. The summed E-state index contributed by atoms with van der Waals surface area (Å²) in [7, 11) is 0. The second-order valence-corrected chi connectivity index (χ2v) is 6.28. The molecule has 0 aromatic heterocycles. The lowest BCUT2D eigenvalue weighted by molar-refractivity contribution is -0.143. The van der Waals surface area contributed by atoms with E-state index in [1.165, 1.54) is 29.2 Å². The van der Waals surface area contributed by atoms with Gasteiger partial charge in [-0.25, -0.2) is 9.18 Å². The lowest BCUT2D eigenvalue weighted by Crippen LogP contribution is -2.50. The van der Waals surface area contributed by atoms with Gasteiger partial charge in [-0.15, -0.1) is 0 Å². The number of amides is 3. The van der Waals surface area contributed by atoms with Crippen LogP contribution in [0, 0.1) is 17.7 Å². The number of nitrogens with one attached hydrogen (secondary N) is 2. The molecule has 3 amide bonds. The Morgan fingerprint density at radius 1 is 1.16 bits per heavy atom. The molecule has 0 bridgehead atoms. The van der Waals surface area contributed by atoms with E-state index in [1.807, 2.05) is 6.92 Å². The fraction of sp³-hybridized carbons (Fsp3) is 0.471. The average Bonchev–Trinajstić information content (AvgIpc) is 2.58. The smallest absolute Gasteiger partial charge is 0.317 e. The number of hydrogen-bond acceptors (Lipinski definition) is 3. The van der Waals surface area contributed by atoms with Crippen LogP contribution in [0.15, 0.2) is 24.3 Å². The van der Waals surface area contributed by atoms with Gasteiger partial charge in [-0.3, -0.25) is 9.59 Å². The summed E-state index contributed by atoms with van der Waals surface area (Å²) in [6, 6.07) is 4.82. The standard InChI is InChI=1S/C17H22FN3O4/c1-11-8-13(16(23)24)10-21(9-11)17(25)20-7-6-19-15(22)12-2-4-14(18)5-3-12/h2-5,11,13H,6-10H2,1H3,(H,19,22)(H,20,25)(H,23,24). The van der Waals surface area contributed by atoms with Crippen molar-refractivity contribution < 1.29 is 23.9 Å². The third-order valence-electron chi connectivity index (χ3n) is 4.09. The molecule has 1 aromatic carbocycles. The number of carboxylic acids is 1. The molecule has 3 N–H and O–H groups in total. The van der Waals surface area contributed by atoms with Crippen LogP contribution in [-0.2, 0) is 4.79 Å². The van der Waals surface area contributed by atoms with Crippen LogP contribution in [0.2, 0.25) is 0 Å². The van der Waals surface area contributed by atoms with Gasteiger partial charge in [-0.2, -0.15) is 0 Å². The summed E-state index contributed by atoms with van der Waals surface area (Å²) in [6.07, 6.45) is 0.562. The van der Waals surface area contributed by atoms with E-state index in [0.29, 0.717) is 18.5 Å². The van der Waals surface area contributed by atoms with E-state index in [0.717, 1.165) is 0 Å². The van der Waals surface area contributed by atoms with E-state index >= 15 is 0 Å². The number of likely N-dealkylation sites (tertiary alicyclic amines) is 1. The Kier molecular flexibility index (Phi) is 6.32. The van der Waals surface area contributed by atoms with E-state index in [4.69, 9.17) is 5.11 Å². The van der Waals surface area contributed by atoms with Gasteiger partial charge in [0.25, 0.3) is 5.91 Å². The third-order valence-corrected chi connectivity index (χ3v) is 4.09. The van der Waals surface area contributed by atoms with Crippen LogP contribution in [0.5, 0.6) is 0 Å². The third kappa shape index (κ3) is 5.44. The molecule has 0 spiro atoms. The van der Waals surface area contributed by atoms with E-state index in [9.17, 15) is 18.8 Å². The first-order valence-corrected chi connectivity index (χ1v) is 8.16. The summed E-state index contributed by atoms with van der Waals surface area (Å²) in [4.78, 5) is 36.6. The maximum atomic E-state index is 12.8. The van der Waals surface area contributed by atoms with Gasteiger partial charge in [0.05, 0.1) is 5.92 Å². The number of halogens is 1. The predicted molar refractivity (Wildman–Crippen MR) is 88.6 cm³/mol. The first-order chi connectivity index (χ1) is 11.9. The lowest BCUT2D eigenvalue weighted by Gasteiger charge is -2.34. The van der Waals surface area contributed by atoms with Crippen LogP contribution in [0.4, 0.5) is 9.18 Å². The van der Waals surface area contributed by atoms with Crippen LogP contribution in [-0.4, -0.2) is 54.1 Å². The predicted octanol–water partition coefficient (Wildman–Crippen LogP) is 1.31. The van der Waals surface area contributed by atoms with Crippen LogP contribution in [0.1, 0.15) is 23.7 Å². The molecule has 1 aliphatic heterocycles. The van der Waals surface area contributed by atoms with Gasteiger partial charge in [0.15, 0.2) is 0 Å². The molecule has 136 valence electrons. The Labute approximate surface area is 145 Å². The zero-order valence-corrected chi connectivity index (χ0v) is 14.0. The molecule has 0 aliphatic carbocycles. The number of hydrogen-bond donors (Lipinski definition) is 3. The molecule has 1 saturated heterocycles. The maximum absolute atomic E-state index is 12.8. The van der Waals surface area contributed by atoms with Gasteiger partial charge in [0, 0.05) is 31.7 Å². The van der Waals surface area contributed by atoms with Crippen molar-refractivity contribution in [1.82, 2.24) is 15.5 Å². The summed E-state index contributed by atoms with van der Waals surface area (Å²) in [6.45, 7) is 3.05. The van der Waals surface area contributed by atoms with Gasteiger partial charge < -0.3 is 20.6 Å². The highest BCUT2D eigenvalue weighted by atomic mass is 19.1. The SMILES string of the molecule is CC1CC(C(=O)O)CN(C(=O)NCCNC(=O)c2ccc(F)cc2)C1. The largest absolute Gasteiger partial charge is 0.481 e. The Hall–Kier alpha value is -2.64. The number of carbonyl (C=O) groups excluding carboxylic acids is 2. The number of benzene rings is 1. The topological polar surface area (TPSA) is 98.7 Å². The summed E-state index contributed by atoms with van der Waals surface area (Å²) in [5, 5.41) is 14.4. The number of piperidine rings is 1. The molecular weight excluding hydrogens is 329 g/mol. The Balaban J connectivity index is 1.73. The van der Waals surface area contributed by atoms with Crippen molar-refractivity contribution in [3.63, 3.8) is 0 Å². The van der Waals surface area contributed by atoms with Gasteiger partial charge >= 0.3 is 12.0 Å². The van der Waals surface area contributed by atoms with Crippen molar-refractivity contribution in [3.8, 4) is 0 Å². The minimum Gasteiger partial charge on any atom is -0.481 e. The second kappa shape index (κ2) is 8.46. The van der Waals surface area contributed by atoms with Crippen molar-refractivity contribution in [2.24, 2.45) is 11.8 Å². The quantitative estimate of drug-likeness (QED) is 0.697. The highest BCUT2D eigenvalue weighted by Gasteiger charge is 2.31. The molecule has 1 heterocycles. The summed E-state index contributed by atoms with van der Waals surface area (Å²) >= 11 is 0. The minimum atomic E-state index is -0.893. The normalized spacial score (nSPS) is 20.0. The van der Waals surface area contributed by atoms with Crippen LogP contribution < -0.4 is 10.6 Å². The molecule has 1 fully saturated rings. The minimum absolute atomic E-state index is 0.124. The number of nitrogens with zero attached hydrogens (tertiary/aromatic N) is 1. The van der Waals surface area contributed by atoms with E-state index in [2.05, 4.69) is 10.6 Å². The lowest BCUT2D eigenvalue weighted by atomic mass is 9.91. The average molecular weight is 351 g/mol. The summed E-state index contributed by atoms with van der Waals surface area (Å²) in [5.41, 5.74) is 0.335. The molecule has 1 aromatic rings. The van der Waals surface area contributed by atoms with Crippen molar-refractivity contribution in [1.29, 1.82) is 0 Å². The van der Waals surface area contributed by atoms with E-state index in [1.54, 1.807) is 0 Å². The molecule has 0 saturated carbocycles. The fourth-order valence-corrected chi connectivity index (χ4v) is 2.86. The number of carbonyl (C=O) groups is 3. The molecule has 2 unspecified atom stereocenters. The first-order valence-electron chi connectivity index (χ1n) is 8.16. The van der Waals surface area contributed by atoms with E-state index < -0.39 is 17.7 Å². The van der Waals surface area contributed by atoms with Crippen molar-refractivity contribution in [2.75, 3.05) is 26.2 Å². The van der Waals surface area contributed by atoms with Crippen molar-refractivity contribution in [2.45, 2.75) is 13.3 Å². The molecule has 25 heavy (non-hydrogen) atoms. The number of carboxylic acid groups (broad SMARTS) is 1. The molecule has 1 aliphatic rings. The molecule has 0 radical (unpaired) electrons. The fourth-order valence-electron chi connectivity index (χ4n) is 2.86. The van der Waals surface area contributed by atoms with Crippen LogP contribution in [0.25, 0.3) is 0 Å². The van der Waals surface area contributed by atoms with Crippen molar-refractivity contribution in [3.05, 3.63) is 35.6 Å². The van der Waals surface area contributed by atoms with Crippen LogP contribution >= 0.6 is 0 Å². The van der Waals surface area contributed by atoms with Gasteiger partial charge in [0.2, 0.25) is 0 Å². The van der Waals surface area contributed by atoms with Gasteiger partial charge in [-0.05, 0) is 36.6 Å². The Bertz CT molecular complexity index is 635. The Morgan fingerprint density at radius 3 is 2.44 bits per heavy atom. The highest BCUT2D eigenvalue weighted by Crippen LogP contribution is 2.21. The molecular formula is C17H22FN3O4. The summed E-state index contributed by atoms with van der Waals surface area (Å²) < 4.78 is 12.8. The molecule has 2 rings (SSSR count). The van der Waals surface area contributed by atoms with Crippen LogP contribution in [0.3, 0.4) is 0 Å². The van der Waals surface area contributed by atoms with E-state index in [-0.39, 0.29) is 37.5 Å². The highest BCUT2D eigenvalue weighted by molar-refractivity contribution is 5.94. The zero-order valence-electron chi connectivity index (χ0n) is 14.0. The summed E-state index contributed by atoms with van der Waals surface area (Å²) in [5.74, 6) is -2.09. The first kappa shape index (κ1) is 18.7. The monoisotopic (exact) mass is 351 g/mol. The van der Waals surface area contributed by atoms with Gasteiger partial charge in [-0.1, -0.05) is 6.92 Å². The molecule has 2 atom stereocenters. The molecule has 8 heteroatoms. The van der Waals surface area contributed by atoms with Gasteiger partial charge in [0.1, 0.15) is 5.82 Å². The maximum Gasteiger partial charge on any atom is 0.317 e. The number of urea groups is 1. The molecule has 7 nitrogen and oxygen atoms in total. The zero-order chi connectivity index (χ0) is 18.4. The second-order valence-electron chi connectivity index (χ2n) is 6.28.